The molecule has 0 heterocycles. The van der Waals surface area contributed by atoms with Crippen LogP contribution in [0.5, 0.6) is 0 Å². The van der Waals surface area contributed by atoms with E-state index in [1.54, 1.807) is 12.2 Å². The number of alkyl halides is 8. The Morgan fingerprint density at radius 1 is 0.926 bits per heavy atom. The highest BCUT2D eigenvalue weighted by molar-refractivity contribution is 5.77. The summed E-state index contributed by atoms with van der Waals surface area (Å²) in [6, 6.07) is 0. The van der Waals surface area contributed by atoms with E-state index in [0.717, 1.165) is 6.42 Å². The molecular weight excluding hydrogens is 396 g/mol. The van der Waals surface area contributed by atoms with Crippen molar-refractivity contribution in [2.24, 2.45) is 0 Å². The Hall–Kier alpha value is -1.88. The average molecular weight is 414 g/mol. The molecule has 0 saturated carbocycles. The van der Waals surface area contributed by atoms with E-state index < -0.39 is 55.6 Å². The quantitative estimate of drug-likeness (QED) is 0.206. The standard InChI is InChI=1S/C15H18F8O4/c1-2-3-4-5-8-26-10(24)6-7-11(25)27-9-13(18,19)15(22,23)14(20,21)12(16)17/h3-4,12H,2,5-9H2,1H3/b4-3+. The highest BCUT2D eigenvalue weighted by Gasteiger charge is 2.75. The molecule has 0 fully saturated rings. The molecule has 0 aromatic carbocycles. The van der Waals surface area contributed by atoms with Gasteiger partial charge in [-0.15, -0.1) is 0 Å². The topological polar surface area (TPSA) is 52.6 Å². The van der Waals surface area contributed by atoms with E-state index in [9.17, 15) is 44.7 Å². The van der Waals surface area contributed by atoms with Crippen LogP contribution in [-0.4, -0.2) is 49.3 Å². The zero-order chi connectivity index (χ0) is 21.3. The summed E-state index contributed by atoms with van der Waals surface area (Å²) in [5.74, 6) is -21.0. The average Bonchev–Trinajstić information content (AvgIpc) is 2.57. The van der Waals surface area contributed by atoms with Crippen molar-refractivity contribution in [1.82, 2.24) is 0 Å². The molecular formula is C15H18F8O4. The number of rotatable bonds is 12. The van der Waals surface area contributed by atoms with Crippen molar-refractivity contribution >= 4 is 11.9 Å². The molecule has 0 bridgehead atoms. The number of hydrogen-bond acceptors (Lipinski definition) is 4. The van der Waals surface area contributed by atoms with Crippen molar-refractivity contribution in [1.29, 1.82) is 0 Å². The lowest BCUT2D eigenvalue weighted by Gasteiger charge is -2.31. The van der Waals surface area contributed by atoms with Crippen LogP contribution in [0.25, 0.3) is 0 Å². The first-order chi connectivity index (χ1) is 12.3. The molecule has 0 aliphatic rings. The van der Waals surface area contributed by atoms with Crippen LogP contribution in [0.15, 0.2) is 12.2 Å². The molecule has 12 heteroatoms. The van der Waals surface area contributed by atoms with Gasteiger partial charge in [-0.25, -0.2) is 8.78 Å². The van der Waals surface area contributed by atoms with Crippen LogP contribution in [-0.2, 0) is 19.1 Å². The number of hydrogen-bond donors (Lipinski definition) is 0. The minimum atomic E-state index is -6.46. The van der Waals surface area contributed by atoms with Crippen molar-refractivity contribution in [3.8, 4) is 0 Å². The van der Waals surface area contributed by atoms with Gasteiger partial charge >= 0.3 is 36.1 Å². The molecule has 0 spiro atoms. The number of halogens is 8. The number of allylic oxidation sites excluding steroid dienone is 1. The highest BCUT2D eigenvalue weighted by Crippen LogP contribution is 2.48. The first-order valence-electron chi connectivity index (χ1n) is 7.67. The maximum Gasteiger partial charge on any atom is 0.381 e. The molecule has 0 aromatic rings. The van der Waals surface area contributed by atoms with Gasteiger partial charge in [-0.2, -0.15) is 26.3 Å². The van der Waals surface area contributed by atoms with E-state index in [2.05, 4.69) is 9.47 Å². The summed E-state index contributed by atoms with van der Waals surface area (Å²) in [6.07, 6.45) is -1.85. The Morgan fingerprint density at radius 3 is 1.93 bits per heavy atom. The second kappa shape index (κ2) is 10.5. The Balaban J connectivity index is 4.44. The third-order valence-electron chi connectivity index (χ3n) is 3.05. The van der Waals surface area contributed by atoms with Gasteiger partial charge in [0.2, 0.25) is 0 Å². The number of ether oxygens (including phenoxy) is 2. The number of carbonyl (C=O) groups excluding carboxylic acids is 2. The second-order valence-corrected chi connectivity index (χ2v) is 5.25. The summed E-state index contributed by atoms with van der Waals surface area (Å²) >= 11 is 0. The Kier molecular flexibility index (Phi) is 9.73. The lowest BCUT2D eigenvalue weighted by molar-refractivity contribution is -0.344. The lowest BCUT2D eigenvalue weighted by Crippen LogP contribution is -2.59. The lowest BCUT2D eigenvalue weighted by atomic mass is 10.1. The predicted octanol–water partition coefficient (Wildman–Crippen LogP) is 4.38. The van der Waals surface area contributed by atoms with Crippen LogP contribution in [0.4, 0.5) is 35.1 Å². The summed E-state index contributed by atoms with van der Waals surface area (Å²) in [5.41, 5.74) is 0. The van der Waals surface area contributed by atoms with Gasteiger partial charge in [0.25, 0.3) is 0 Å². The van der Waals surface area contributed by atoms with Crippen molar-refractivity contribution < 1.29 is 54.2 Å². The van der Waals surface area contributed by atoms with E-state index >= 15 is 0 Å². The zero-order valence-corrected chi connectivity index (χ0v) is 14.1. The third kappa shape index (κ3) is 7.33. The third-order valence-corrected chi connectivity index (χ3v) is 3.05. The SMILES string of the molecule is CC/C=C/CCOC(=O)CCC(=O)OCC(F)(F)C(F)(F)C(F)(F)C(F)F. The number of esters is 2. The molecule has 0 aliphatic carbocycles. The fraction of sp³-hybridized carbons (Fsp3) is 0.733. The van der Waals surface area contributed by atoms with Crippen LogP contribution in [0.3, 0.4) is 0 Å². The minimum absolute atomic E-state index is 0.0165. The van der Waals surface area contributed by atoms with E-state index in [1.165, 1.54) is 0 Å². The molecule has 0 aliphatic heterocycles. The summed E-state index contributed by atoms with van der Waals surface area (Å²) < 4.78 is 110. The van der Waals surface area contributed by atoms with Crippen molar-refractivity contribution in [2.45, 2.75) is 56.8 Å². The summed E-state index contributed by atoms with van der Waals surface area (Å²) in [4.78, 5) is 22.4. The summed E-state index contributed by atoms with van der Waals surface area (Å²) in [6.45, 7) is -0.697. The highest BCUT2D eigenvalue weighted by atomic mass is 19.4. The van der Waals surface area contributed by atoms with E-state index in [-0.39, 0.29) is 6.61 Å². The normalized spacial score (nSPS) is 13.3. The zero-order valence-electron chi connectivity index (χ0n) is 14.1. The first kappa shape index (κ1) is 25.1. The fourth-order valence-electron chi connectivity index (χ4n) is 1.52. The minimum Gasteiger partial charge on any atom is -0.465 e. The number of carbonyl (C=O) groups is 2. The van der Waals surface area contributed by atoms with Crippen molar-refractivity contribution in [3.05, 3.63) is 12.2 Å². The molecule has 0 amide bonds. The van der Waals surface area contributed by atoms with Gasteiger partial charge in [-0.1, -0.05) is 19.1 Å². The summed E-state index contributed by atoms with van der Waals surface area (Å²) in [5, 5.41) is 0. The first-order valence-corrected chi connectivity index (χ1v) is 7.67. The van der Waals surface area contributed by atoms with Gasteiger partial charge < -0.3 is 9.47 Å². The maximum atomic E-state index is 13.1. The van der Waals surface area contributed by atoms with Crippen LogP contribution >= 0.6 is 0 Å². The monoisotopic (exact) mass is 414 g/mol. The second-order valence-electron chi connectivity index (χ2n) is 5.25. The molecule has 0 saturated heterocycles. The van der Waals surface area contributed by atoms with Gasteiger partial charge in [0.05, 0.1) is 19.4 Å². The Labute approximate surface area is 149 Å². The van der Waals surface area contributed by atoms with E-state index in [0.29, 0.717) is 6.42 Å². The fourth-order valence-corrected chi connectivity index (χ4v) is 1.52. The maximum absolute atomic E-state index is 13.1. The van der Waals surface area contributed by atoms with Gasteiger partial charge in [0.1, 0.15) is 0 Å². The van der Waals surface area contributed by atoms with Crippen LogP contribution in [0.2, 0.25) is 0 Å². The Morgan fingerprint density at radius 2 is 1.44 bits per heavy atom. The van der Waals surface area contributed by atoms with Crippen molar-refractivity contribution in [3.63, 3.8) is 0 Å². The van der Waals surface area contributed by atoms with E-state index in [4.69, 9.17) is 0 Å². The summed E-state index contributed by atoms with van der Waals surface area (Å²) in [7, 11) is 0. The molecule has 158 valence electrons. The van der Waals surface area contributed by atoms with Gasteiger partial charge in [-0.05, 0) is 12.8 Å². The molecule has 0 unspecified atom stereocenters. The van der Waals surface area contributed by atoms with Crippen molar-refractivity contribution in [2.75, 3.05) is 13.2 Å². The van der Waals surface area contributed by atoms with Crippen LogP contribution in [0, 0.1) is 0 Å². The van der Waals surface area contributed by atoms with Gasteiger partial charge in [-0.3, -0.25) is 9.59 Å². The van der Waals surface area contributed by atoms with Crippen LogP contribution in [0.1, 0.15) is 32.6 Å². The smallest absolute Gasteiger partial charge is 0.381 e. The largest absolute Gasteiger partial charge is 0.465 e. The molecule has 0 aromatic heterocycles. The van der Waals surface area contributed by atoms with Gasteiger partial charge in [0, 0.05) is 0 Å². The molecule has 0 radical (unpaired) electrons. The Bertz CT molecular complexity index is 520. The molecule has 0 N–H and O–H groups in total. The predicted molar refractivity (Wildman–Crippen MR) is 76.0 cm³/mol. The molecule has 0 atom stereocenters. The molecule has 27 heavy (non-hydrogen) atoms. The van der Waals surface area contributed by atoms with E-state index in [1.807, 2.05) is 6.92 Å². The molecule has 0 rings (SSSR count). The molecule has 4 nitrogen and oxygen atoms in total. The van der Waals surface area contributed by atoms with Crippen LogP contribution < -0.4 is 0 Å². The van der Waals surface area contributed by atoms with Gasteiger partial charge in [0.15, 0.2) is 6.61 Å².